The van der Waals surface area contributed by atoms with Crippen LogP contribution < -0.4 is 0 Å². The molecule has 0 aromatic heterocycles. The Kier molecular flexibility index (Phi) is 5.22. The number of piperidine rings is 2. The third kappa shape index (κ3) is 3.62. The van der Waals surface area contributed by atoms with Crippen LogP contribution in [0.4, 0.5) is 0 Å². The van der Waals surface area contributed by atoms with Crippen LogP contribution in [0.15, 0.2) is 0 Å². The van der Waals surface area contributed by atoms with Gasteiger partial charge in [-0.15, -0.1) is 0 Å². The van der Waals surface area contributed by atoms with Gasteiger partial charge in [-0.1, -0.05) is 33.6 Å². The Bertz CT molecular complexity index is 473. The lowest BCUT2D eigenvalue weighted by Gasteiger charge is -2.46. The Balaban J connectivity index is 1.58. The van der Waals surface area contributed by atoms with Gasteiger partial charge >= 0.3 is 0 Å². The fourth-order valence-electron chi connectivity index (χ4n) is 4.94. The van der Waals surface area contributed by atoms with Gasteiger partial charge in [-0.05, 0) is 44.4 Å². The zero-order chi connectivity index (χ0) is 17.3. The number of carbonyl (C=O) groups excluding carboxylic acids is 2. The third-order valence-electron chi connectivity index (χ3n) is 6.30. The minimum Gasteiger partial charge on any atom is -0.342 e. The predicted octanol–water partition coefficient (Wildman–Crippen LogP) is 3.45. The first kappa shape index (κ1) is 17.8. The van der Waals surface area contributed by atoms with Gasteiger partial charge < -0.3 is 9.80 Å². The standard InChI is InChI=1S/C20H34N2O2/c1-20(2,3)19(24)21-13-10-16(11-14-21)18(23)22-12-6-8-15-7-4-5-9-17(15)22/h15-17H,4-14H2,1-3H3. The Morgan fingerprint density at radius 1 is 0.833 bits per heavy atom. The van der Waals surface area contributed by atoms with E-state index >= 15 is 0 Å². The fourth-order valence-corrected chi connectivity index (χ4v) is 4.94. The van der Waals surface area contributed by atoms with Gasteiger partial charge in [0.05, 0.1) is 0 Å². The maximum absolute atomic E-state index is 13.1. The van der Waals surface area contributed by atoms with Gasteiger partial charge in [0.25, 0.3) is 0 Å². The molecule has 2 heterocycles. The lowest BCUT2D eigenvalue weighted by molar-refractivity contribution is -0.148. The number of hydrogen-bond donors (Lipinski definition) is 0. The number of hydrogen-bond acceptors (Lipinski definition) is 2. The Hall–Kier alpha value is -1.06. The second-order valence-electron chi connectivity index (χ2n) is 9.10. The molecule has 2 aliphatic heterocycles. The van der Waals surface area contributed by atoms with E-state index in [0.29, 0.717) is 11.9 Å². The summed E-state index contributed by atoms with van der Waals surface area (Å²) in [6.45, 7) is 8.38. The molecular weight excluding hydrogens is 300 g/mol. The molecule has 3 aliphatic rings. The number of nitrogens with zero attached hydrogens (tertiary/aromatic N) is 2. The summed E-state index contributed by atoms with van der Waals surface area (Å²) in [4.78, 5) is 29.7. The van der Waals surface area contributed by atoms with Crippen LogP contribution in [0.3, 0.4) is 0 Å². The Morgan fingerprint density at radius 2 is 1.46 bits per heavy atom. The highest BCUT2D eigenvalue weighted by Crippen LogP contribution is 2.37. The summed E-state index contributed by atoms with van der Waals surface area (Å²) in [6.07, 6.45) is 9.31. The van der Waals surface area contributed by atoms with Crippen molar-refractivity contribution in [3.8, 4) is 0 Å². The molecule has 2 saturated heterocycles. The van der Waals surface area contributed by atoms with Gasteiger partial charge in [0.2, 0.25) is 11.8 Å². The highest BCUT2D eigenvalue weighted by Gasteiger charge is 2.39. The van der Waals surface area contributed by atoms with E-state index in [9.17, 15) is 9.59 Å². The van der Waals surface area contributed by atoms with Crippen LogP contribution in [0.1, 0.15) is 72.1 Å². The molecule has 0 bridgehead atoms. The summed E-state index contributed by atoms with van der Waals surface area (Å²) in [6, 6.07) is 0.509. The van der Waals surface area contributed by atoms with Gasteiger partial charge in [-0.2, -0.15) is 0 Å². The SMILES string of the molecule is CC(C)(C)C(=O)N1CCC(C(=O)N2CCCC3CCCCC32)CC1. The lowest BCUT2D eigenvalue weighted by atomic mass is 9.77. The summed E-state index contributed by atoms with van der Waals surface area (Å²) in [5.74, 6) is 1.49. The first-order valence-corrected chi connectivity index (χ1v) is 9.98. The van der Waals surface area contributed by atoms with Gasteiger partial charge in [0.15, 0.2) is 0 Å². The van der Waals surface area contributed by atoms with E-state index in [1.54, 1.807) is 0 Å². The topological polar surface area (TPSA) is 40.6 Å². The fraction of sp³-hybridized carbons (Fsp3) is 0.900. The molecule has 4 heteroatoms. The van der Waals surface area contributed by atoms with E-state index in [0.717, 1.165) is 38.4 Å². The van der Waals surface area contributed by atoms with Crippen LogP contribution >= 0.6 is 0 Å². The van der Waals surface area contributed by atoms with E-state index in [1.807, 2.05) is 25.7 Å². The Morgan fingerprint density at radius 3 is 2.12 bits per heavy atom. The highest BCUT2D eigenvalue weighted by atomic mass is 16.2. The monoisotopic (exact) mass is 334 g/mol. The molecule has 2 unspecified atom stereocenters. The van der Waals surface area contributed by atoms with Gasteiger partial charge in [-0.25, -0.2) is 0 Å². The van der Waals surface area contributed by atoms with Crippen molar-refractivity contribution >= 4 is 11.8 Å². The van der Waals surface area contributed by atoms with Crippen molar-refractivity contribution < 1.29 is 9.59 Å². The normalized spacial score (nSPS) is 29.3. The molecule has 2 amide bonds. The molecule has 3 fully saturated rings. The average molecular weight is 335 g/mol. The molecule has 1 saturated carbocycles. The number of fused-ring (bicyclic) bond motifs is 1. The first-order chi connectivity index (χ1) is 11.4. The molecule has 3 rings (SSSR count). The molecule has 4 nitrogen and oxygen atoms in total. The van der Waals surface area contributed by atoms with Crippen molar-refractivity contribution in [1.82, 2.24) is 9.80 Å². The molecule has 0 radical (unpaired) electrons. The molecule has 1 aliphatic carbocycles. The van der Waals surface area contributed by atoms with E-state index < -0.39 is 0 Å². The molecular formula is C20H34N2O2. The van der Waals surface area contributed by atoms with Crippen LogP contribution in [0.2, 0.25) is 0 Å². The largest absolute Gasteiger partial charge is 0.342 e. The minimum absolute atomic E-state index is 0.134. The minimum atomic E-state index is -0.320. The van der Waals surface area contributed by atoms with Crippen LogP contribution in [-0.4, -0.2) is 47.3 Å². The maximum atomic E-state index is 13.1. The van der Waals surface area contributed by atoms with Gasteiger partial charge in [0.1, 0.15) is 0 Å². The average Bonchev–Trinajstić information content (AvgIpc) is 2.59. The molecule has 24 heavy (non-hydrogen) atoms. The van der Waals surface area contributed by atoms with Crippen LogP contribution in [0.25, 0.3) is 0 Å². The molecule has 0 spiro atoms. The third-order valence-corrected chi connectivity index (χ3v) is 6.30. The van der Waals surface area contributed by atoms with Crippen LogP contribution in [0.5, 0.6) is 0 Å². The first-order valence-electron chi connectivity index (χ1n) is 9.98. The lowest BCUT2D eigenvalue weighted by Crippen LogP contribution is -2.53. The van der Waals surface area contributed by atoms with Crippen LogP contribution in [0, 0.1) is 17.3 Å². The second kappa shape index (κ2) is 7.05. The number of rotatable bonds is 1. The molecule has 2 atom stereocenters. The van der Waals surface area contributed by atoms with Gasteiger partial charge in [0, 0.05) is 37.0 Å². The zero-order valence-electron chi connectivity index (χ0n) is 15.7. The van der Waals surface area contributed by atoms with Crippen molar-refractivity contribution in [2.45, 2.75) is 78.2 Å². The number of likely N-dealkylation sites (tertiary alicyclic amines) is 2. The summed E-state index contributed by atoms with van der Waals surface area (Å²) in [7, 11) is 0. The van der Waals surface area contributed by atoms with Gasteiger partial charge in [-0.3, -0.25) is 9.59 Å². The van der Waals surface area contributed by atoms with Crippen molar-refractivity contribution in [3.63, 3.8) is 0 Å². The molecule has 0 aromatic carbocycles. The predicted molar refractivity (Wildman–Crippen MR) is 95.5 cm³/mol. The van der Waals surface area contributed by atoms with E-state index in [1.165, 1.54) is 38.5 Å². The molecule has 0 aromatic rings. The number of carbonyl (C=O) groups is 2. The van der Waals surface area contributed by atoms with E-state index in [4.69, 9.17) is 0 Å². The van der Waals surface area contributed by atoms with Crippen LogP contribution in [-0.2, 0) is 9.59 Å². The summed E-state index contributed by atoms with van der Waals surface area (Å²) >= 11 is 0. The second-order valence-corrected chi connectivity index (χ2v) is 9.10. The Labute approximate surface area is 146 Å². The van der Waals surface area contributed by atoms with Crippen molar-refractivity contribution in [3.05, 3.63) is 0 Å². The summed E-state index contributed by atoms with van der Waals surface area (Å²) < 4.78 is 0. The molecule has 136 valence electrons. The zero-order valence-corrected chi connectivity index (χ0v) is 15.7. The smallest absolute Gasteiger partial charge is 0.227 e. The van der Waals surface area contributed by atoms with Crippen molar-refractivity contribution in [2.24, 2.45) is 17.3 Å². The molecule has 0 N–H and O–H groups in total. The van der Waals surface area contributed by atoms with Crippen molar-refractivity contribution in [1.29, 1.82) is 0 Å². The van der Waals surface area contributed by atoms with Crippen molar-refractivity contribution in [2.75, 3.05) is 19.6 Å². The quantitative estimate of drug-likeness (QED) is 0.737. The van der Waals surface area contributed by atoms with E-state index in [2.05, 4.69) is 4.90 Å². The summed E-state index contributed by atoms with van der Waals surface area (Å²) in [5, 5.41) is 0. The summed E-state index contributed by atoms with van der Waals surface area (Å²) in [5.41, 5.74) is -0.320. The maximum Gasteiger partial charge on any atom is 0.227 e. The number of amides is 2. The highest BCUT2D eigenvalue weighted by molar-refractivity contribution is 5.83. The van der Waals surface area contributed by atoms with E-state index in [-0.39, 0.29) is 17.2 Å².